The van der Waals surface area contributed by atoms with Crippen molar-refractivity contribution in [3.05, 3.63) is 23.7 Å². The second kappa shape index (κ2) is 6.95. The van der Waals surface area contributed by atoms with Gasteiger partial charge in [-0.2, -0.15) is 0 Å². The average molecular weight is 293 g/mol. The van der Waals surface area contributed by atoms with E-state index in [0.29, 0.717) is 6.04 Å². The third kappa shape index (κ3) is 4.83. The first-order valence-electron chi connectivity index (χ1n) is 8.12. The fourth-order valence-corrected chi connectivity index (χ4v) is 2.84. The van der Waals surface area contributed by atoms with Crippen LogP contribution in [0, 0.1) is 0 Å². The Morgan fingerprint density at radius 2 is 2.10 bits per heavy atom. The molecule has 1 aliphatic heterocycles. The van der Waals surface area contributed by atoms with Crippen LogP contribution in [-0.2, 0) is 13.1 Å². The van der Waals surface area contributed by atoms with Crippen LogP contribution in [0.3, 0.4) is 0 Å². The number of hydrogen-bond acceptors (Lipinski definition) is 4. The van der Waals surface area contributed by atoms with E-state index in [1.165, 1.54) is 12.0 Å². The number of nitrogens with one attached hydrogen (secondary N) is 1. The highest BCUT2D eigenvalue weighted by molar-refractivity contribution is 5.17. The largest absolute Gasteiger partial charge is 0.468 e. The van der Waals surface area contributed by atoms with E-state index in [4.69, 9.17) is 4.42 Å². The van der Waals surface area contributed by atoms with Crippen LogP contribution in [0.1, 0.15) is 45.4 Å². The third-order valence-corrected chi connectivity index (χ3v) is 4.34. The van der Waals surface area contributed by atoms with Gasteiger partial charge in [0.1, 0.15) is 5.76 Å². The fourth-order valence-electron chi connectivity index (χ4n) is 2.84. The quantitative estimate of drug-likeness (QED) is 0.904. The van der Waals surface area contributed by atoms with E-state index >= 15 is 0 Å². The van der Waals surface area contributed by atoms with Gasteiger partial charge in [-0.05, 0) is 40.3 Å². The first-order valence-corrected chi connectivity index (χ1v) is 8.12. The summed E-state index contributed by atoms with van der Waals surface area (Å²) in [5, 5.41) is 3.51. The van der Waals surface area contributed by atoms with E-state index in [0.717, 1.165) is 38.5 Å². The first kappa shape index (κ1) is 16.5. The molecular weight excluding hydrogens is 262 g/mol. The molecule has 2 heterocycles. The van der Waals surface area contributed by atoms with E-state index in [1.807, 2.05) is 6.26 Å². The number of piperazine rings is 1. The Hall–Kier alpha value is -0.840. The maximum Gasteiger partial charge on any atom is 0.122 e. The predicted molar refractivity (Wildman–Crippen MR) is 87.3 cm³/mol. The van der Waals surface area contributed by atoms with Crippen LogP contribution in [0.15, 0.2) is 16.7 Å². The summed E-state index contributed by atoms with van der Waals surface area (Å²) < 4.78 is 5.68. The molecule has 2 rings (SSSR count). The van der Waals surface area contributed by atoms with Crippen LogP contribution in [0.2, 0.25) is 0 Å². The van der Waals surface area contributed by atoms with Crippen molar-refractivity contribution in [3.63, 3.8) is 0 Å². The summed E-state index contributed by atoms with van der Waals surface area (Å²) in [6.45, 7) is 14.1. The molecule has 1 saturated heterocycles. The number of furan rings is 1. The van der Waals surface area contributed by atoms with Gasteiger partial charge in [0.25, 0.3) is 0 Å². The van der Waals surface area contributed by atoms with Gasteiger partial charge >= 0.3 is 0 Å². The first-order chi connectivity index (χ1) is 9.89. The molecule has 21 heavy (non-hydrogen) atoms. The van der Waals surface area contributed by atoms with Gasteiger partial charge in [0.15, 0.2) is 0 Å². The highest BCUT2D eigenvalue weighted by Gasteiger charge is 2.23. The maximum atomic E-state index is 5.68. The normalized spacial score (nSPS) is 21.9. The molecule has 1 aromatic heterocycles. The van der Waals surface area contributed by atoms with Crippen LogP contribution >= 0.6 is 0 Å². The number of nitrogens with zero attached hydrogens (tertiary/aromatic N) is 2. The van der Waals surface area contributed by atoms with Crippen LogP contribution < -0.4 is 5.32 Å². The van der Waals surface area contributed by atoms with Crippen molar-refractivity contribution < 1.29 is 4.42 Å². The zero-order valence-electron chi connectivity index (χ0n) is 14.3. The van der Waals surface area contributed by atoms with Crippen molar-refractivity contribution in [2.75, 3.05) is 26.7 Å². The molecule has 0 bridgehead atoms. The van der Waals surface area contributed by atoms with Crippen molar-refractivity contribution in [2.24, 2.45) is 0 Å². The topological polar surface area (TPSA) is 31.7 Å². The molecule has 1 aliphatic rings. The average Bonchev–Trinajstić information content (AvgIpc) is 2.85. The molecule has 4 nitrogen and oxygen atoms in total. The minimum atomic E-state index is 0.116. The van der Waals surface area contributed by atoms with Crippen molar-refractivity contribution in [1.82, 2.24) is 15.1 Å². The molecule has 0 aliphatic carbocycles. The number of rotatable bonds is 5. The Kier molecular flexibility index (Phi) is 5.47. The highest BCUT2D eigenvalue weighted by atomic mass is 16.3. The molecule has 1 aromatic rings. The molecule has 0 saturated carbocycles. The summed E-state index contributed by atoms with van der Waals surface area (Å²) in [4.78, 5) is 5.04. The maximum absolute atomic E-state index is 5.68. The van der Waals surface area contributed by atoms with Gasteiger partial charge in [-0.25, -0.2) is 0 Å². The van der Waals surface area contributed by atoms with Gasteiger partial charge in [-0.1, -0.05) is 6.92 Å². The fraction of sp³-hybridized carbons (Fsp3) is 0.765. The number of likely N-dealkylation sites (N-methyl/N-ethyl adjacent to an activating group) is 1. The monoisotopic (exact) mass is 293 g/mol. The van der Waals surface area contributed by atoms with E-state index in [2.05, 4.69) is 55.9 Å². The molecule has 1 N–H and O–H groups in total. The summed E-state index contributed by atoms with van der Waals surface area (Å²) in [7, 11) is 2.24. The Morgan fingerprint density at radius 3 is 2.76 bits per heavy atom. The van der Waals surface area contributed by atoms with Gasteiger partial charge < -0.3 is 14.6 Å². The lowest BCUT2D eigenvalue weighted by atomic mass is 10.1. The van der Waals surface area contributed by atoms with Gasteiger partial charge in [-0.15, -0.1) is 0 Å². The van der Waals surface area contributed by atoms with Crippen LogP contribution in [-0.4, -0.2) is 48.1 Å². The second-order valence-electron chi connectivity index (χ2n) is 7.25. The van der Waals surface area contributed by atoms with Crippen LogP contribution in [0.5, 0.6) is 0 Å². The second-order valence-corrected chi connectivity index (χ2v) is 7.25. The standard InChI is InChI=1S/C17H31N3O/c1-6-15-13-20(9-8-19(15)5)12-14-7-10-21-16(14)11-18-17(2,3)4/h7,10,15,18H,6,8-9,11-13H2,1-5H3. The Balaban J connectivity index is 1.93. The Labute approximate surface area is 129 Å². The lowest BCUT2D eigenvalue weighted by molar-refractivity contribution is 0.0879. The van der Waals surface area contributed by atoms with E-state index in [-0.39, 0.29) is 5.54 Å². The summed E-state index contributed by atoms with van der Waals surface area (Å²) in [5.74, 6) is 1.08. The van der Waals surface area contributed by atoms with Gasteiger partial charge in [0, 0.05) is 43.3 Å². The molecular formula is C17H31N3O. The third-order valence-electron chi connectivity index (χ3n) is 4.34. The van der Waals surface area contributed by atoms with Crippen LogP contribution in [0.4, 0.5) is 0 Å². The molecule has 0 radical (unpaired) electrons. The summed E-state index contributed by atoms with van der Waals surface area (Å²) in [5.41, 5.74) is 1.44. The lowest BCUT2D eigenvalue weighted by Crippen LogP contribution is -2.50. The molecule has 1 fully saturated rings. The summed E-state index contributed by atoms with van der Waals surface area (Å²) >= 11 is 0. The summed E-state index contributed by atoms with van der Waals surface area (Å²) in [6.07, 6.45) is 3.04. The molecule has 0 spiro atoms. The Morgan fingerprint density at radius 1 is 1.33 bits per heavy atom. The van der Waals surface area contributed by atoms with Gasteiger partial charge in [0.2, 0.25) is 0 Å². The van der Waals surface area contributed by atoms with Crippen molar-refractivity contribution in [1.29, 1.82) is 0 Å². The Bertz CT molecular complexity index is 435. The molecule has 0 aromatic carbocycles. The van der Waals surface area contributed by atoms with E-state index < -0.39 is 0 Å². The SMILES string of the molecule is CCC1CN(Cc2ccoc2CNC(C)(C)C)CCN1C. The van der Waals surface area contributed by atoms with E-state index in [9.17, 15) is 0 Å². The predicted octanol–water partition coefficient (Wildman–Crippen LogP) is 2.69. The molecule has 0 amide bonds. The van der Waals surface area contributed by atoms with Crippen molar-refractivity contribution in [3.8, 4) is 0 Å². The molecule has 120 valence electrons. The van der Waals surface area contributed by atoms with Crippen molar-refractivity contribution >= 4 is 0 Å². The van der Waals surface area contributed by atoms with Gasteiger partial charge in [-0.3, -0.25) is 4.90 Å². The van der Waals surface area contributed by atoms with E-state index in [1.54, 1.807) is 0 Å². The minimum absolute atomic E-state index is 0.116. The van der Waals surface area contributed by atoms with Crippen LogP contribution in [0.25, 0.3) is 0 Å². The van der Waals surface area contributed by atoms with Gasteiger partial charge in [0.05, 0.1) is 12.8 Å². The smallest absolute Gasteiger partial charge is 0.122 e. The zero-order valence-corrected chi connectivity index (χ0v) is 14.3. The zero-order chi connectivity index (χ0) is 15.5. The molecule has 1 atom stereocenters. The molecule has 1 unspecified atom stereocenters. The van der Waals surface area contributed by atoms with Crippen molar-refractivity contribution in [2.45, 2.75) is 58.8 Å². The summed E-state index contributed by atoms with van der Waals surface area (Å²) in [6, 6.07) is 2.81. The highest BCUT2D eigenvalue weighted by Crippen LogP contribution is 2.18. The molecule has 4 heteroatoms. The minimum Gasteiger partial charge on any atom is -0.468 e. The number of hydrogen-bond donors (Lipinski definition) is 1. The lowest BCUT2D eigenvalue weighted by Gasteiger charge is -2.39.